The van der Waals surface area contributed by atoms with Gasteiger partial charge in [-0.15, -0.1) is 0 Å². The van der Waals surface area contributed by atoms with Crippen molar-refractivity contribution in [2.24, 2.45) is 0 Å². The average molecular weight is 444 g/mol. The maximum atomic E-state index is 13.5. The minimum absolute atomic E-state index is 0.125. The molecule has 0 saturated carbocycles. The van der Waals surface area contributed by atoms with Crippen molar-refractivity contribution >= 4 is 29.1 Å². The van der Waals surface area contributed by atoms with E-state index < -0.39 is 17.4 Å². The van der Waals surface area contributed by atoms with Crippen molar-refractivity contribution in [2.75, 3.05) is 13.9 Å². The van der Waals surface area contributed by atoms with E-state index in [1.165, 1.54) is 12.2 Å². The number of hydrogen-bond acceptors (Lipinski definition) is 5. The first-order chi connectivity index (χ1) is 14.6. The molecule has 1 heterocycles. The number of halogens is 1. The van der Waals surface area contributed by atoms with Gasteiger partial charge in [0, 0.05) is 7.11 Å². The zero-order valence-corrected chi connectivity index (χ0v) is 19.3. The van der Waals surface area contributed by atoms with E-state index >= 15 is 0 Å². The Morgan fingerprint density at radius 3 is 2.29 bits per heavy atom. The second-order valence-electron chi connectivity index (χ2n) is 8.04. The smallest absolute Gasteiger partial charge is 0.344 e. The third-order valence-corrected chi connectivity index (χ3v) is 5.53. The van der Waals surface area contributed by atoms with Gasteiger partial charge in [0.2, 0.25) is 0 Å². The molecular formula is C24H26ClNO5. The van der Waals surface area contributed by atoms with Gasteiger partial charge < -0.3 is 9.47 Å². The highest BCUT2D eigenvalue weighted by Crippen LogP contribution is 2.43. The summed E-state index contributed by atoms with van der Waals surface area (Å²) in [5, 5.41) is 1.46. The summed E-state index contributed by atoms with van der Waals surface area (Å²) in [4.78, 5) is 32.1. The van der Waals surface area contributed by atoms with Gasteiger partial charge in [0.15, 0.2) is 6.79 Å². The lowest BCUT2D eigenvalue weighted by atomic mass is 9.91. The Kier molecular flexibility index (Phi) is 6.55. The van der Waals surface area contributed by atoms with Gasteiger partial charge in [-0.1, -0.05) is 41.4 Å². The molecule has 0 N–H and O–H groups in total. The van der Waals surface area contributed by atoms with Crippen LogP contribution in [0.2, 0.25) is 5.02 Å². The summed E-state index contributed by atoms with van der Waals surface area (Å²) in [6.45, 7) is 9.22. The van der Waals surface area contributed by atoms with E-state index in [1.807, 2.05) is 32.9 Å². The number of aryl methyl sites for hydroxylation is 3. The number of ether oxygens (including phenoxy) is 2. The summed E-state index contributed by atoms with van der Waals surface area (Å²) in [6.07, 6.45) is 0. The number of nitrogens with zero attached hydrogens (tertiary/aromatic N) is 1. The van der Waals surface area contributed by atoms with Crippen LogP contribution in [0, 0.1) is 20.8 Å². The standard InChI is InChI=1S/C24H26ClNO5/c1-14-11-15(2)19(16(3)12-14)20-21(24(4,5)26(22(20)27)30-13-29-6)31-23(28)17-9-7-8-10-18(17)25/h7-12H,13H2,1-6H3. The molecule has 0 aromatic heterocycles. The number of rotatable bonds is 6. The second-order valence-corrected chi connectivity index (χ2v) is 8.45. The molecule has 7 heteroatoms. The molecule has 2 aromatic rings. The maximum Gasteiger partial charge on any atom is 0.344 e. The SMILES string of the molecule is COCON1C(=O)C(c2c(C)cc(C)cc2C)=C(OC(=O)c2ccccc2Cl)C1(C)C. The van der Waals surface area contributed by atoms with E-state index in [0.717, 1.165) is 16.7 Å². The molecule has 1 amide bonds. The number of methoxy groups -OCH3 is 1. The molecule has 6 nitrogen and oxygen atoms in total. The van der Waals surface area contributed by atoms with Crippen LogP contribution < -0.4 is 0 Å². The van der Waals surface area contributed by atoms with Crippen molar-refractivity contribution in [3.8, 4) is 0 Å². The summed E-state index contributed by atoms with van der Waals surface area (Å²) < 4.78 is 10.8. The van der Waals surface area contributed by atoms with Gasteiger partial charge in [-0.2, -0.15) is 0 Å². The summed E-state index contributed by atoms with van der Waals surface area (Å²) in [7, 11) is 1.47. The number of carbonyl (C=O) groups is 2. The van der Waals surface area contributed by atoms with Gasteiger partial charge in [0.1, 0.15) is 11.3 Å². The maximum absolute atomic E-state index is 13.5. The Morgan fingerprint density at radius 2 is 1.71 bits per heavy atom. The van der Waals surface area contributed by atoms with Crippen molar-refractivity contribution < 1.29 is 23.9 Å². The first-order valence-electron chi connectivity index (χ1n) is 9.85. The van der Waals surface area contributed by atoms with Gasteiger partial charge in [-0.05, 0) is 63.4 Å². The highest BCUT2D eigenvalue weighted by molar-refractivity contribution is 6.33. The molecular weight excluding hydrogens is 418 g/mol. The van der Waals surface area contributed by atoms with Crippen molar-refractivity contribution in [1.29, 1.82) is 0 Å². The number of hydrogen-bond donors (Lipinski definition) is 0. The second kappa shape index (κ2) is 8.83. The normalized spacial score (nSPS) is 15.6. The third-order valence-electron chi connectivity index (χ3n) is 5.20. The fourth-order valence-corrected chi connectivity index (χ4v) is 4.13. The Hall–Kier alpha value is -2.67. The van der Waals surface area contributed by atoms with E-state index in [9.17, 15) is 9.59 Å². The number of esters is 1. The topological polar surface area (TPSA) is 65.1 Å². The van der Waals surface area contributed by atoms with Crippen LogP contribution in [0.5, 0.6) is 0 Å². The number of hydroxylamine groups is 2. The molecule has 1 aliphatic rings. The van der Waals surface area contributed by atoms with E-state index in [0.29, 0.717) is 5.56 Å². The van der Waals surface area contributed by atoms with Crippen molar-refractivity contribution in [3.63, 3.8) is 0 Å². The molecule has 0 spiro atoms. The summed E-state index contributed by atoms with van der Waals surface area (Å²) >= 11 is 6.19. The molecule has 31 heavy (non-hydrogen) atoms. The zero-order valence-electron chi connectivity index (χ0n) is 18.5. The molecule has 0 radical (unpaired) electrons. The number of benzene rings is 2. The number of carbonyl (C=O) groups excluding carboxylic acids is 2. The molecule has 0 unspecified atom stereocenters. The molecule has 2 aromatic carbocycles. The van der Waals surface area contributed by atoms with E-state index in [1.54, 1.807) is 38.1 Å². The predicted octanol–water partition coefficient (Wildman–Crippen LogP) is 4.99. The Balaban J connectivity index is 2.18. The van der Waals surface area contributed by atoms with Crippen LogP contribution in [-0.4, -0.2) is 36.4 Å². The average Bonchev–Trinajstić information content (AvgIpc) is 2.86. The van der Waals surface area contributed by atoms with Crippen molar-refractivity contribution in [1.82, 2.24) is 5.06 Å². The quantitative estimate of drug-likeness (QED) is 0.465. The zero-order chi connectivity index (χ0) is 22.9. The lowest BCUT2D eigenvalue weighted by Crippen LogP contribution is -2.44. The van der Waals surface area contributed by atoms with Crippen LogP contribution in [0.1, 0.15) is 46.5 Å². The minimum Gasteiger partial charge on any atom is -0.424 e. The fourth-order valence-electron chi connectivity index (χ4n) is 3.92. The first kappa shape index (κ1) is 23.0. The lowest BCUT2D eigenvalue weighted by molar-refractivity contribution is -0.238. The van der Waals surface area contributed by atoms with Crippen LogP contribution in [0.15, 0.2) is 42.2 Å². The molecule has 3 rings (SSSR count). The van der Waals surface area contributed by atoms with Gasteiger partial charge in [0.25, 0.3) is 5.91 Å². The van der Waals surface area contributed by atoms with Crippen LogP contribution in [0.4, 0.5) is 0 Å². The van der Waals surface area contributed by atoms with Crippen molar-refractivity contribution in [2.45, 2.75) is 40.2 Å². The summed E-state index contributed by atoms with van der Waals surface area (Å²) in [6, 6.07) is 10.6. The van der Waals surface area contributed by atoms with Crippen LogP contribution in [0.25, 0.3) is 5.57 Å². The molecule has 0 atom stereocenters. The summed E-state index contributed by atoms with van der Waals surface area (Å²) in [5.41, 5.74) is 3.03. The molecule has 164 valence electrons. The predicted molar refractivity (Wildman–Crippen MR) is 118 cm³/mol. The van der Waals surface area contributed by atoms with E-state index in [2.05, 4.69) is 0 Å². The Labute approximate surface area is 187 Å². The highest BCUT2D eigenvalue weighted by atomic mass is 35.5. The Bertz CT molecular complexity index is 1050. The molecule has 1 aliphatic heterocycles. The van der Waals surface area contributed by atoms with E-state index in [-0.39, 0.29) is 28.7 Å². The van der Waals surface area contributed by atoms with E-state index in [4.69, 9.17) is 25.9 Å². The first-order valence-corrected chi connectivity index (χ1v) is 10.2. The monoisotopic (exact) mass is 443 g/mol. The minimum atomic E-state index is -1.06. The summed E-state index contributed by atoms with van der Waals surface area (Å²) in [5.74, 6) is -0.845. The van der Waals surface area contributed by atoms with Gasteiger partial charge in [-0.25, -0.2) is 14.7 Å². The van der Waals surface area contributed by atoms with Crippen LogP contribution in [0.3, 0.4) is 0 Å². The molecule has 0 bridgehead atoms. The highest BCUT2D eigenvalue weighted by Gasteiger charge is 2.50. The van der Waals surface area contributed by atoms with Crippen LogP contribution >= 0.6 is 11.6 Å². The Morgan fingerprint density at radius 1 is 1.10 bits per heavy atom. The molecule has 0 aliphatic carbocycles. The van der Waals surface area contributed by atoms with Crippen molar-refractivity contribution in [3.05, 3.63) is 75.0 Å². The van der Waals surface area contributed by atoms with Gasteiger partial charge in [-0.3, -0.25) is 4.79 Å². The largest absolute Gasteiger partial charge is 0.424 e. The molecule has 0 fully saturated rings. The van der Waals surface area contributed by atoms with Crippen LogP contribution in [-0.2, 0) is 19.1 Å². The lowest BCUT2D eigenvalue weighted by Gasteiger charge is -2.31. The van der Waals surface area contributed by atoms with Gasteiger partial charge >= 0.3 is 5.97 Å². The molecule has 0 saturated heterocycles. The van der Waals surface area contributed by atoms with Gasteiger partial charge in [0.05, 0.1) is 16.2 Å². The fraction of sp³-hybridized carbons (Fsp3) is 0.333. The number of amides is 1. The third kappa shape index (κ3) is 4.24.